The van der Waals surface area contributed by atoms with Gasteiger partial charge in [-0.25, -0.2) is 4.79 Å². The molecule has 190 valence electrons. The standard InChI is InChI=1S/C28H47IO4/c1-4-7-10-13-16-19-22-23(20-17-14-11-8-5-2)25(28(32)33-29)27(31)26(30)24(22)21-18-15-12-9-6-3/h30-31H,4-21H2,1-3H3. The van der Waals surface area contributed by atoms with Crippen molar-refractivity contribution in [1.29, 1.82) is 0 Å². The molecule has 0 heterocycles. The fourth-order valence-electron chi connectivity index (χ4n) is 4.70. The molecule has 0 amide bonds. The summed E-state index contributed by atoms with van der Waals surface area (Å²) in [7, 11) is 0. The van der Waals surface area contributed by atoms with Crippen molar-refractivity contribution < 1.29 is 18.1 Å². The van der Waals surface area contributed by atoms with Crippen LogP contribution in [0.15, 0.2) is 0 Å². The second-order valence-electron chi connectivity index (χ2n) is 9.37. The molecule has 33 heavy (non-hydrogen) atoms. The summed E-state index contributed by atoms with van der Waals surface area (Å²) < 4.78 is 5.00. The Morgan fingerprint density at radius 3 is 1.42 bits per heavy atom. The molecular formula is C28H47IO4. The molecule has 0 atom stereocenters. The maximum absolute atomic E-state index is 12.7. The van der Waals surface area contributed by atoms with Crippen LogP contribution < -0.4 is 0 Å². The third kappa shape index (κ3) is 10.4. The van der Waals surface area contributed by atoms with E-state index in [2.05, 4.69) is 20.8 Å². The van der Waals surface area contributed by atoms with Crippen molar-refractivity contribution in [3.63, 3.8) is 0 Å². The second-order valence-corrected chi connectivity index (χ2v) is 9.81. The molecule has 0 unspecified atom stereocenters. The highest BCUT2D eigenvalue weighted by atomic mass is 127. The van der Waals surface area contributed by atoms with Crippen LogP contribution in [0.2, 0.25) is 0 Å². The van der Waals surface area contributed by atoms with Gasteiger partial charge >= 0.3 is 5.97 Å². The van der Waals surface area contributed by atoms with Crippen LogP contribution in [0.25, 0.3) is 0 Å². The van der Waals surface area contributed by atoms with Gasteiger partial charge in [0.2, 0.25) is 0 Å². The molecular weight excluding hydrogens is 527 g/mol. The van der Waals surface area contributed by atoms with E-state index in [4.69, 9.17) is 3.07 Å². The lowest BCUT2D eigenvalue weighted by Crippen LogP contribution is -2.11. The minimum Gasteiger partial charge on any atom is -0.504 e. The molecule has 2 N–H and O–H groups in total. The van der Waals surface area contributed by atoms with Crippen LogP contribution in [0.1, 0.15) is 144 Å². The summed E-state index contributed by atoms with van der Waals surface area (Å²) >= 11 is 1.58. The molecule has 0 fully saturated rings. The Balaban J connectivity index is 3.26. The minimum absolute atomic E-state index is 0.111. The van der Waals surface area contributed by atoms with Crippen molar-refractivity contribution in [3.05, 3.63) is 22.3 Å². The summed E-state index contributed by atoms with van der Waals surface area (Å²) in [4.78, 5) is 12.7. The summed E-state index contributed by atoms with van der Waals surface area (Å²) in [5.41, 5.74) is 3.02. The zero-order chi connectivity index (χ0) is 24.5. The van der Waals surface area contributed by atoms with Crippen LogP contribution in [-0.2, 0) is 22.3 Å². The molecule has 0 aliphatic heterocycles. The summed E-state index contributed by atoms with van der Waals surface area (Å²) in [6, 6.07) is 0. The highest BCUT2D eigenvalue weighted by Crippen LogP contribution is 2.41. The number of carbonyl (C=O) groups excluding carboxylic acids is 1. The predicted molar refractivity (Wildman–Crippen MR) is 147 cm³/mol. The average Bonchev–Trinajstić information content (AvgIpc) is 2.82. The zero-order valence-corrected chi connectivity index (χ0v) is 23.5. The normalized spacial score (nSPS) is 11.2. The molecule has 0 aliphatic rings. The third-order valence-electron chi connectivity index (χ3n) is 6.64. The minimum atomic E-state index is -0.561. The Bertz CT molecular complexity index is 687. The lowest BCUT2D eigenvalue weighted by Gasteiger charge is -2.21. The van der Waals surface area contributed by atoms with E-state index in [1.807, 2.05) is 0 Å². The first kappa shape index (κ1) is 30.1. The second kappa shape index (κ2) is 18.4. The summed E-state index contributed by atoms with van der Waals surface area (Å²) in [5, 5.41) is 21.8. The first-order valence-electron chi connectivity index (χ1n) is 13.4. The fraction of sp³-hybridized carbons (Fsp3) is 0.750. The molecule has 0 saturated heterocycles. The Morgan fingerprint density at radius 2 is 1.00 bits per heavy atom. The van der Waals surface area contributed by atoms with Gasteiger partial charge in [0, 0.05) is 5.56 Å². The summed E-state index contributed by atoms with van der Waals surface area (Å²) in [5.74, 6) is -0.965. The van der Waals surface area contributed by atoms with Gasteiger partial charge in [-0.1, -0.05) is 97.8 Å². The van der Waals surface area contributed by atoms with E-state index in [9.17, 15) is 15.0 Å². The molecule has 1 aromatic carbocycles. The van der Waals surface area contributed by atoms with Gasteiger partial charge in [0.1, 0.15) is 5.56 Å². The topological polar surface area (TPSA) is 66.8 Å². The lowest BCUT2D eigenvalue weighted by atomic mass is 9.85. The van der Waals surface area contributed by atoms with Gasteiger partial charge in [-0.15, -0.1) is 0 Å². The molecule has 1 aromatic rings. The lowest BCUT2D eigenvalue weighted by molar-refractivity contribution is 0.0795. The molecule has 0 aromatic heterocycles. The van der Waals surface area contributed by atoms with Crippen molar-refractivity contribution in [1.82, 2.24) is 0 Å². The number of rotatable bonds is 19. The Morgan fingerprint density at radius 1 is 0.606 bits per heavy atom. The molecule has 0 saturated carbocycles. The number of phenols is 2. The zero-order valence-electron chi connectivity index (χ0n) is 21.3. The van der Waals surface area contributed by atoms with E-state index in [-0.39, 0.29) is 17.1 Å². The van der Waals surface area contributed by atoms with Crippen LogP contribution in [0, 0.1) is 0 Å². The smallest absolute Gasteiger partial charge is 0.351 e. The monoisotopic (exact) mass is 574 g/mol. The quantitative estimate of drug-likeness (QED) is 0.0982. The molecule has 4 nitrogen and oxygen atoms in total. The Kier molecular flexibility index (Phi) is 16.7. The van der Waals surface area contributed by atoms with Gasteiger partial charge in [-0.2, -0.15) is 0 Å². The van der Waals surface area contributed by atoms with E-state index in [1.54, 1.807) is 23.0 Å². The van der Waals surface area contributed by atoms with Gasteiger partial charge in [0.05, 0.1) is 0 Å². The number of benzene rings is 1. The fourth-order valence-corrected chi connectivity index (χ4v) is 4.92. The van der Waals surface area contributed by atoms with Gasteiger partial charge in [0.15, 0.2) is 34.5 Å². The van der Waals surface area contributed by atoms with E-state index < -0.39 is 5.97 Å². The van der Waals surface area contributed by atoms with Gasteiger partial charge in [0.25, 0.3) is 0 Å². The van der Waals surface area contributed by atoms with E-state index in [0.29, 0.717) is 0 Å². The number of carbonyl (C=O) groups is 1. The predicted octanol–water partition coefficient (Wildman–Crippen LogP) is 9.14. The van der Waals surface area contributed by atoms with Crippen LogP contribution in [0.4, 0.5) is 0 Å². The van der Waals surface area contributed by atoms with Crippen LogP contribution >= 0.6 is 23.0 Å². The SMILES string of the molecule is CCCCCCCc1c(O)c(O)c(C(=O)OI)c(CCCCCCC)c1CCCCCCC. The largest absolute Gasteiger partial charge is 0.504 e. The van der Waals surface area contributed by atoms with Crippen LogP contribution in [0.5, 0.6) is 11.5 Å². The van der Waals surface area contributed by atoms with E-state index in [0.717, 1.165) is 74.5 Å². The molecule has 0 aliphatic carbocycles. The number of aromatic hydroxyl groups is 2. The Labute approximate surface area is 216 Å². The summed E-state index contributed by atoms with van der Waals surface area (Å²) in [6.07, 6.45) is 19.6. The van der Waals surface area contributed by atoms with Crippen molar-refractivity contribution >= 4 is 29.0 Å². The molecule has 0 spiro atoms. The van der Waals surface area contributed by atoms with Crippen LogP contribution in [-0.4, -0.2) is 16.2 Å². The highest BCUT2D eigenvalue weighted by Gasteiger charge is 2.27. The molecule has 0 radical (unpaired) electrons. The van der Waals surface area contributed by atoms with Crippen molar-refractivity contribution in [2.24, 2.45) is 0 Å². The average molecular weight is 575 g/mol. The maximum atomic E-state index is 12.7. The van der Waals surface area contributed by atoms with Gasteiger partial charge in [-0.3, -0.25) is 0 Å². The number of hydrogen-bond acceptors (Lipinski definition) is 4. The highest BCUT2D eigenvalue weighted by molar-refractivity contribution is 14.1. The van der Waals surface area contributed by atoms with E-state index in [1.165, 1.54) is 57.8 Å². The Hall–Kier alpha value is -0.980. The number of unbranched alkanes of at least 4 members (excludes halogenated alkanes) is 12. The number of hydrogen-bond donors (Lipinski definition) is 2. The first-order chi connectivity index (χ1) is 16.0. The van der Waals surface area contributed by atoms with Gasteiger partial charge in [-0.05, 0) is 49.7 Å². The third-order valence-corrected chi connectivity index (χ3v) is 7.04. The van der Waals surface area contributed by atoms with Gasteiger partial charge < -0.3 is 13.3 Å². The van der Waals surface area contributed by atoms with Crippen LogP contribution in [0.3, 0.4) is 0 Å². The molecule has 5 heteroatoms. The summed E-state index contributed by atoms with van der Waals surface area (Å²) in [6.45, 7) is 6.63. The first-order valence-corrected chi connectivity index (χ1v) is 14.3. The van der Waals surface area contributed by atoms with Crippen molar-refractivity contribution in [2.75, 3.05) is 0 Å². The van der Waals surface area contributed by atoms with E-state index >= 15 is 0 Å². The molecule has 1 rings (SSSR count). The van der Waals surface area contributed by atoms with Crippen molar-refractivity contribution in [3.8, 4) is 11.5 Å². The van der Waals surface area contributed by atoms with Crippen molar-refractivity contribution in [2.45, 2.75) is 136 Å². The number of halogens is 1. The molecule has 0 bridgehead atoms. The number of phenolic OH excluding ortho intramolecular Hbond substituents is 2. The maximum Gasteiger partial charge on any atom is 0.351 e.